The van der Waals surface area contributed by atoms with Gasteiger partial charge in [0.15, 0.2) is 0 Å². The minimum atomic E-state index is 0.230. The molecule has 0 aliphatic carbocycles. The SMILES string of the molecule is C=CCC(=O)CSc1ccccc1C. The third-order valence-electron chi connectivity index (χ3n) is 1.85. The molecule has 0 aliphatic rings. The molecule has 0 unspecified atom stereocenters. The number of rotatable bonds is 5. The standard InChI is InChI=1S/C12H14OS/c1-3-6-11(13)9-14-12-8-5-4-7-10(12)2/h3-5,7-8H,1,6,9H2,2H3. The van der Waals surface area contributed by atoms with Crippen molar-refractivity contribution < 1.29 is 4.79 Å². The molecule has 0 amide bonds. The molecule has 0 saturated carbocycles. The first-order chi connectivity index (χ1) is 6.74. The molecule has 0 radical (unpaired) electrons. The minimum absolute atomic E-state index is 0.230. The molecular formula is C12H14OS. The molecule has 1 aromatic carbocycles. The maximum Gasteiger partial charge on any atom is 0.146 e. The van der Waals surface area contributed by atoms with Crippen molar-refractivity contribution in [2.24, 2.45) is 0 Å². The van der Waals surface area contributed by atoms with Gasteiger partial charge < -0.3 is 0 Å². The van der Waals surface area contributed by atoms with Gasteiger partial charge in [0.25, 0.3) is 0 Å². The number of carbonyl (C=O) groups is 1. The van der Waals surface area contributed by atoms with Crippen LogP contribution in [0.25, 0.3) is 0 Å². The monoisotopic (exact) mass is 206 g/mol. The molecule has 0 atom stereocenters. The van der Waals surface area contributed by atoms with Gasteiger partial charge in [0.05, 0.1) is 5.75 Å². The predicted molar refractivity (Wildman–Crippen MR) is 61.7 cm³/mol. The van der Waals surface area contributed by atoms with Crippen molar-refractivity contribution in [1.29, 1.82) is 0 Å². The lowest BCUT2D eigenvalue weighted by molar-refractivity contribution is -0.115. The molecule has 0 aromatic heterocycles. The molecule has 1 nitrogen and oxygen atoms in total. The first-order valence-corrected chi connectivity index (χ1v) is 5.53. The minimum Gasteiger partial charge on any atom is -0.298 e. The summed E-state index contributed by atoms with van der Waals surface area (Å²) in [7, 11) is 0. The average Bonchev–Trinajstić information content (AvgIpc) is 2.17. The van der Waals surface area contributed by atoms with Gasteiger partial charge in [0, 0.05) is 11.3 Å². The molecule has 0 N–H and O–H groups in total. The molecule has 1 rings (SSSR count). The summed E-state index contributed by atoms with van der Waals surface area (Å²) < 4.78 is 0. The third kappa shape index (κ3) is 3.38. The molecular weight excluding hydrogens is 192 g/mol. The number of hydrogen-bond donors (Lipinski definition) is 0. The molecule has 0 saturated heterocycles. The number of carbonyl (C=O) groups excluding carboxylic acids is 1. The van der Waals surface area contributed by atoms with E-state index in [2.05, 4.69) is 19.6 Å². The van der Waals surface area contributed by atoms with E-state index in [-0.39, 0.29) is 5.78 Å². The maximum atomic E-state index is 11.2. The van der Waals surface area contributed by atoms with Crippen molar-refractivity contribution in [2.45, 2.75) is 18.2 Å². The number of benzene rings is 1. The van der Waals surface area contributed by atoms with Crippen molar-refractivity contribution in [1.82, 2.24) is 0 Å². The van der Waals surface area contributed by atoms with Gasteiger partial charge in [-0.05, 0) is 18.6 Å². The molecule has 0 bridgehead atoms. The van der Waals surface area contributed by atoms with Crippen LogP contribution in [-0.2, 0) is 4.79 Å². The van der Waals surface area contributed by atoms with Crippen LogP contribution in [0.4, 0.5) is 0 Å². The predicted octanol–water partition coefficient (Wildman–Crippen LogP) is 3.23. The van der Waals surface area contributed by atoms with Crippen LogP contribution in [0.3, 0.4) is 0 Å². The van der Waals surface area contributed by atoms with E-state index >= 15 is 0 Å². The lowest BCUT2D eigenvalue weighted by Crippen LogP contribution is -1.98. The molecule has 14 heavy (non-hydrogen) atoms. The number of Topliss-reactive ketones (excluding diaryl/α,β-unsaturated/α-hetero) is 1. The zero-order chi connectivity index (χ0) is 10.4. The Morgan fingerprint density at radius 2 is 2.21 bits per heavy atom. The fourth-order valence-corrected chi connectivity index (χ4v) is 2.00. The highest BCUT2D eigenvalue weighted by atomic mass is 32.2. The molecule has 0 fully saturated rings. The number of thioether (sulfide) groups is 1. The number of allylic oxidation sites excluding steroid dienone is 1. The van der Waals surface area contributed by atoms with Crippen molar-refractivity contribution in [2.75, 3.05) is 5.75 Å². The van der Waals surface area contributed by atoms with Crippen LogP contribution in [0, 0.1) is 6.92 Å². The van der Waals surface area contributed by atoms with Gasteiger partial charge in [-0.15, -0.1) is 18.3 Å². The van der Waals surface area contributed by atoms with Gasteiger partial charge in [0.1, 0.15) is 5.78 Å². The summed E-state index contributed by atoms with van der Waals surface area (Å²) in [5.41, 5.74) is 1.23. The van der Waals surface area contributed by atoms with Crippen molar-refractivity contribution in [3.63, 3.8) is 0 Å². The van der Waals surface area contributed by atoms with E-state index in [0.717, 1.165) is 0 Å². The normalized spacial score (nSPS) is 9.79. The summed E-state index contributed by atoms with van der Waals surface area (Å²) in [4.78, 5) is 12.4. The van der Waals surface area contributed by atoms with E-state index in [1.54, 1.807) is 17.8 Å². The Balaban J connectivity index is 2.49. The van der Waals surface area contributed by atoms with Crippen LogP contribution in [0.1, 0.15) is 12.0 Å². The van der Waals surface area contributed by atoms with Gasteiger partial charge in [0.2, 0.25) is 0 Å². The van der Waals surface area contributed by atoms with Gasteiger partial charge in [-0.25, -0.2) is 0 Å². The summed E-state index contributed by atoms with van der Waals surface area (Å²) in [5, 5.41) is 0. The van der Waals surface area contributed by atoms with Crippen LogP contribution < -0.4 is 0 Å². The largest absolute Gasteiger partial charge is 0.298 e. The Morgan fingerprint density at radius 1 is 1.50 bits per heavy atom. The first-order valence-electron chi connectivity index (χ1n) is 4.55. The fourth-order valence-electron chi connectivity index (χ4n) is 1.10. The zero-order valence-electron chi connectivity index (χ0n) is 8.32. The van der Waals surface area contributed by atoms with Gasteiger partial charge >= 0.3 is 0 Å². The van der Waals surface area contributed by atoms with Crippen LogP contribution in [0.15, 0.2) is 41.8 Å². The second kappa shape index (κ2) is 5.66. The van der Waals surface area contributed by atoms with E-state index in [9.17, 15) is 4.79 Å². The Kier molecular flexibility index (Phi) is 4.47. The molecule has 0 spiro atoms. The van der Waals surface area contributed by atoms with Crippen LogP contribution in [-0.4, -0.2) is 11.5 Å². The first kappa shape index (κ1) is 11.1. The number of ketones is 1. The average molecular weight is 206 g/mol. The Labute approximate surface area is 89.2 Å². The van der Waals surface area contributed by atoms with E-state index < -0.39 is 0 Å². The molecule has 74 valence electrons. The van der Waals surface area contributed by atoms with Crippen LogP contribution in [0.2, 0.25) is 0 Å². The van der Waals surface area contributed by atoms with E-state index in [1.807, 2.05) is 18.2 Å². The highest BCUT2D eigenvalue weighted by Crippen LogP contribution is 2.21. The van der Waals surface area contributed by atoms with Crippen molar-refractivity contribution in [3.8, 4) is 0 Å². The molecule has 2 heteroatoms. The number of hydrogen-bond acceptors (Lipinski definition) is 2. The van der Waals surface area contributed by atoms with E-state index in [0.29, 0.717) is 12.2 Å². The summed E-state index contributed by atoms with van der Waals surface area (Å²) in [5.74, 6) is 0.768. The van der Waals surface area contributed by atoms with Crippen molar-refractivity contribution in [3.05, 3.63) is 42.5 Å². The highest BCUT2D eigenvalue weighted by molar-refractivity contribution is 8.00. The fraction of sp³-hybridized carbons (Fsp3) is 0.250. The second-order valence-electron chi connectivity index (χ2n) is 3.09. The summed E-state index contributed by atoms with van der Waals surface area (Å²) in [6, 6.07) is 8.10. The second-order valence-corrected chi connectivity index (χ2v) is 4.10. The van der Waals surface area contributed by atoms with Crippen LogP contribution >= 0.6 is 11.8 Å². The summed E-state index contributed by atoms with van der Waals surface area (Å²) in [6.45, 7) is 5.60. The number of aryl methyl sites for hydroxylation is 1. The molecule has 1 aromatic rings. The highest BCUT2D eigenvalue weighted by Gasteiger charge is 2.02. The van der Waals surface area contributed by atoms with Crippen LogP contribution in [0.5, 0.6) is 0 Å². The van der Waals surface area contributed by atoms with E-state index in [4.69, 9.17) is 0 Å². The van der Waals surface area contributed by atoms with Gasteiger partial charge in [-0.1, -0.05) is 24.3 Å². The summed E-state index contributed by atoms with van der Waals surface area (Å²) in [6.07, 6.45) is 2.12. The Hall–Kier alpha value is -1.02. The van der Waals surface area contributed by atoms with Gasteiger partial charge in [-0.3, -0.25) is 4.79 Å². The quantitative estimate of drug-likeness (QED) is 0.543. The molecule has 0 aliphatic heterocycles. The van der Waals surface area contributed by atoms with Gasteiger partial charge in [-0.2, -0.15) is 0 Å². The Bertz CT molecular complexity index is 331. The topological polar surface area (TPSA) is 17.1 Å². The maximum absolute atomic E-state index is 11.2. The molecule has 0 heterocycles. The third-order valence-corrected chi connectivity index (χ3v) is 3.09. The van der Waals surface area contributed by atoms with E-state index in [1.165, 1.54) is 10.5 Å². The van der Waals surface area contributed by atoms with Crippen molar-refractivity contribution >= 4 is 17.5 Å². The lowest BCUT2D eigenvalue weighted by atomic mass is 10.2. The smallest absolute Gasteiger partial charge is 0.146 e. The zero-order valence-corrected chi connectivity index (χ0v) is 9.14. The summed E-state index contributed by atoms with van der Waals surface area (Å²) >= 11 is 1.60. The lowest BCUT2D eigenvalue weighted by Gasteiger charge is -2.03. The Morgan fingerprint density at radius 3 is 2.86 bits per heavy atom.